The lowest BCUT2D eigenvalue weighted by Gasteiger charge is -2.36. The number of fused-ring (bicyclic) bond motifs is 1. The highest BCUT2D eigenvalue weighted by Gasteiger charge is 2.34. The van der Waals surface area contributed by atoms with Crippen molar-refractivity contribution in [2.45, 2.75) is 44.4 Å². The first-order chi connectivity index (χ1) is 12.6. The van der Waals surface area contributed by atoms with Gasteiger partial charge in [0.15, 0.2) is 0 Å². The van der Waals surface area contributed by atoms with Crippen LogP contribution in [0.2, 0.25) is 0 Å². The Kier molecular flexibility index (Phi) is 4.70. The van der Waals surface area contributed by atoms with Crippen molar-refractivity contribution >= 4 is 22.8 Å². The van der Waals surface area contributed by atoms with Crippen LogP contribution in [-0.4, -0.2) is 40.0 Å². The van der Waals surface area contributed by atoms with E-state index in [9.17, 15) is 14.7 Å². The number of aromatic amines is 1. The number of carbonyl (C=O) groups is 2. The van der Waals surface area contributed by atoms with Gasteiger partial charge in [-0.15, -0.1) is 0 Å². The molecule has 2 heterocycles. The molecule has 2 fully saturated rings. The summed E-state index contributed by atoms with van der Waals surface area (Å²) in [4.78, 5) is 29.4. The van der Waals surface area contributed by atoms with Gasteiger partial charge in [-0.1, -0.05) is 24.6 Å². The Morgan fingerprint density at radius 2 is 1.77 bits per heavy atom. The number of carbonyl (C=O) groups excluding carboxylic acids is 1. The lowest BCUT2D eigenvalue weighted by molar-refractivity contribution is -0.145. The van der Waals surface area contributed by atoms with Crippen LogP contribution in [0.4, 0.5) is 0 Å². The number of benzene rings is 1. The number of hydrogen-bond donors (Lipinski definition) is 2. The van der Waals surface area contributed by atoms with Crippen molar-refractivity contribution in [1.82, 2.24) is 9.88 Å². The standard InChI is InChI=1S/C21H26N2O3/c24-20(15-4-3-5-16(12-15)21(25)26)23-10-8-14(9-11-23)18-13-22-19-7-2-1-6-17(18)19/h1-2,6-7,13-16,22H,3-5,8-12H2,(H,25,26)/t15-,16+/m1/s1. The van der Waals surface area contributed by atoms with E-state index in [0.29, 0.717) is 18.8 Å². The molecule has 0 bridgehead atoms. The average molecular weight is 354 g/mol. The fourth-order valence-corrected chi connectivity index (χ4v) is 4.74. The van der Waals surface area contributed by atoms with E-state index in [-0.39, 0.29) is 17.7 Å². The molecular weight excluding hydrogens is 328 g/mol. The van der Waals surface area contributed by atoms with Gasteiger partial charge in [-0.3, -0.25) is 9.59 Å². The largest absolute Gasteiger partial charge is 0.481 e. The SMILES string of the molecule is O=C(O)[C@H]1CCC[C@@H](C(=O)N2CCC(c3c[nH]c4ccccc34)CC2)C1. The van der Waals surface area contributed by atoms with Gasteiger partial charge < -0.3 is 15.0 Å². The van der Waals surface area contributed by atoms with Crippen molar-refractivity contribution in [3.8, 4) is 0 Å². The molecule has 5 heteroatoms. The van der Waals surface area contributed by atoms with Gasteiger partial charge in [0.25, 0.3) is 0 Å². The van der Waals surface area contributed by atoms with E-state index in [1.807, 2.05) is 11.0 Å². The number of hydrogen-bond acceptors (Lipinski definition) is 2. The smallest absolute Gasteiger partial charge is 0.306 e. The van der Waals surface area contributed by atoms with Crippen LogP contribution in [0.3, 0.4) is 0 Å². The van der Waals surface area contributed by atoms with Crippen molar-refractivity contribution in [2.75, 3.05) is 13.1 Å². The number of para-hydroxylation sites is 1. The van der Waals surface area contributed by atoms with E-state index in [2.05, 4.69) is 29.4 Å². The summed E-state index contributed by atoms with van der Waals surface area (Å²) < 4.78 is 0. The molecule has 1 aliphatic heterocycles. The number of piperidine rings is 1. The van der Waals surface area contributed by atoms with Crippen LogP contribution in [0, 0.1) is 11.8 Å². The highest BCUT2D eigenvalue weighted by Crippen LogP contribution is 2.35. The van der Waals surface area contributed by atoms with E-state index in [1.54, 1.807) is 0 Å². The second kappa shape index (κ2) is 7.14. The first-order valence-corrected chi connectivity index (χ1v) is 9.71. The normalized spacial score (nSPS) is 24.7. The molecule has 1 aromatic heterocycles. The number of likely N-dealkylation sites (tertiary alicyclic amines) is 1. The monoisotopic (exact) mass is 354 g/mol. The molecular formula is C21H26N2O3. The van der Waals surface area contributed by atoms with E-state index >= 15 is 0 Å². The summed E-state index contributed by atoms with van der Waals surface area (Å²) >= 11 is 0. The van der Waals surface area contributed by atoms with Crippen LogP contribution in [0.5, 0.6) is 0 Å². The molecule has 0 radical (unpaired) electrons. The Morgan fingerprint density at radius 1 is 1.04 bits per heavy atom. The molecule has 1 saturated carbocycles. The van der Waals surface area contributed by atoms with Crippen LogP contribution >= 0.6 is 0 Å². The Hall–Kier alpha value is -2.30. The van der Waals surface area contributed by atoms with Crippen molar-refractivity contribution in [2.24, 2.45) is 11.8 Å². The number of amides is 1. The number of rotatable bonds is 3. The lowest BCUT2D eigenvalue weighted by Crippen LogP contribution is -2.43. The fraction of sp³-hybridized carbons (Fsp3) is 0.524. The Labute approximate surface area is 153 Å². The van der Waals surface area contributed by atoms with Gasteiger partial charge in [-0.05, 0) is 49.7 Å². The Balaban J connectivity index is 1.39. The zero-order valence-electron chi connectivity index (χ0n) is 15.0. The maximum absolute atomic E-state index is 12.9. The summed E-state index contributed by atoms with van der Waals surface area (Å²) in [6.07, 6.45) is 6.97. The minimum Gasteiger partial charge on any atom is -0.481 e. The third-order valence-electron chi connectivity index (χ3n) is 6.24. The lowest BCUT2D eigenvalue weighted by atomic mass is 9.80. The van der Waals surface area contributed by atoms with Gasteiger partial charge >= 0.3 is 5.97 Å². The van der Waals surface area contributed by atoms with E-state index in [4.69, 9.17) is 0 Å². The third kappa shape index (κ3) is 3.22. The number of aliphatic carboxylic acids is 1. The molecule has 2 aromatic rings. The van der Waals surface area contributed by atoms with Gasteiger partial charge in [0, 0.05) is 36.1 Å². The van der Waals surface area contributed by atoms with Crippen molar-refractivity contribution < 1.29 is 14.7 Å². The van der Waals surface area contributed by atoms with Gasteiger partial charge in [0.2, 0.25) is 5.91 Å². The summed E-state index contributed by atoms with van der Waals surface area (Å²) in [6.45, 7) is 1.55. The van der Waals surface area contributed by atoms with Crippen molar-refractivity contribution in [3.63, 3.8) is 0 Å². The maximum atomic E-state index is 12.9. The summed E-state index contributed by atoms with van der Waals surface area (Å²) in [6, 6.07) is 8.37. The van der Waals surface area contributed by atoms with Crippen molar-refractivity contribution in [3.05, 3.63) is 36.0 Å². The minimum absolute atomic E-state index is 0.102. The molecule has 1 aliphatic carbocycles. The molecule has 1 aromatic carbocycles. The molecule has 2 atom stereocenters. The number of H-pyrrole nitrogens is 1. The van der Waals surface area contributed by atoms with E-state index in [1.165, 1.54) is 16.5 Å². The van der Waals surface area contributed by atoms with Crippen LogP contribution in [0.1, 0.15) is 50.0 Å². The maximum Gasteiger partial charge on any atom is 0.306 e. The van der Waals surface area contributed by atoms with Crippen LogP contribution in [0.25, 0.3) is 10.9 Å². The predicted octanol–water partition coefficient (Wildman–Crippen LogP) is 3.76. The molecule has 1 amide bonds. The molecule has 5 nitrogen and oxygen atoms in total. The third-order valence-corrected chi connectivity index (χ3v) is 6.24. The second-order valence-electron chi connectivity index (χ2n) is 7.79. The van der Waals surface area contributed by atoms with Gasteiger partial charge in [-0.25, -0.2) is 0 Å². The van der Waals surface area contributed by atoms with Crippen LogP contribution < -0.4 is 0 Å². The molecule has 2 aliphatic rings. The molecule has 0 unspecified atom stereocenters. The zero-order chi connectivity index (χ0) is 18.1. The highest BCUT2D eigenvalue weighted by molar-refractivity contribution is 5.84. The van der Waals surface area contributed by atoms with Gasteiger partial charge in [-0.2, -0.15) is 0 Å². The van der Waals surface area contributed by atoms with Gasteiger partial charge in [0.1, 0.15) is 0 Å². The number of carboxylic acids is 1. The predicted molar refractivity (Wildman–Crippen MR) is 99.9 cm³/mol. The fourth-order valence-electron chi connectivity index (χ4n) is 4.74. The molecule has 2 N–H and O–H groups in total. The number of nitrogens with zero attached hydrogens (tertiary/aromatic N) is 1. The first kappa shape index (κ1) is 17.1. The molecule has 26 heavy (non-hydrogen) atoms. The summed E-state index contributed by atoms with van der Waals surface area (Å²) in [7, 11) is 0. The molecule has 0 spiro atoms. The summed E-state index contributed by atoms with van der Waals surface area (Å²) in [5.41, 5.74) is 2.53. The van der Waals surface area contributed by atoms with E-state index < -0.39 is 5.97 Å². The Morgan fingerprint density at radius 3 is 2.54 bits per heavy atom. The zero-order valence-corrected chi connectivity index (χ0v) is 15.0. The molecule has 4 rings (SSSR count). The number of aromatic nitrogens is 1. The average Bonchev–Trinajstić information content (AvgIpc) is 3.12. The van der Waals surface area contributed by atoms with Crippen LogP contribution in [-0.2, 0) is 9.59 Å². The Bertz CT molecular complexity index is 804. The molecule has 1 saturated heterocycles. The first-order valence-electron chi connectivity index (χ1n) is 9.71. The summed E-state index contributed by atoms with van der Waals surface area (Å²) in [5.74, 6) is -0.543. The highest BCUT2D eigenvalue weighted by atomic mass is 16.4. The van der Waals surface area contributed by atoms with Crippen LogP contribution in [0.15, 0.2) is 30.5 Å². The number of nitrogens with one attached hydrogen (secondary N) is 1. The topological polar surface area (TPSA) is 73.4 Å². The molecule has 138 valence electrons. The second-order valence-corrected chi connectivity index (χ2v) is 7.79. The summed E-state index contributed by atoms with van der Waals surface area (Å²) in [5, 5.41) is 10.5. The quantitative estimate of drug-likeness (QED) is 0.881. The van der Waals surface area contributed by atoms with Gasteiger partial charge in [0.05, 0.1) is 5.92 Å². The minimum atomic E-state index is -0.749. The number of carboxylic acid groups (broad SMARTS) is 1. The van der Waals surface area contributed by atoms with Crippen molar-refractivity contribution in [1.29, 1.82) is 0 Å². The van der Waals surface area contributed by atoms with E-state index in [0.717, 1.165) is 38.8 Å².